The number of carboxylic acid groups (broad SMARTS) is 1. The first-order valence-electron chi connectivity index (χ1n) is 6.19. The van der Waals surface area contributed by atoms with Gasteiger partial charge in [-0.25, -0.2) is 9.78 Å². The summed E-state index contributed by atoms with van der Waals surface area (Å²) in [7, 11) is 1.94. The van der Waals surface area contributed by atoms with Crippen LogP contribution in [-0.4, -0.2) is 42.4 Å². The molecular weight excluding hydrogens is 232 g/mol. The second-order valence-corrected chi connectivity index (χ2v) is 4.57. The molecule has 0 radical (unpaired) electrons. The lowest BCUT2D eigenvalue weighted by Crippen LogP contribution is -2.33. The fourth-order valence-electron chi connectivity index (χ4n) is 2.14. The predicted octanol–water partition coefficient (Wildman–Crippen LogP) is 1.79. The summed E-state index contributed by atoms with van der Waals surface area (Å²) in [5.74, 6) is -1.00. The molecule has 0 aliphatic carbocycles. The van der Waals surface area contributed by atoms with Crippen LogP contribution in [0.15, 0.2) is 18.3 Å². The second-order valence-electron chi connectivity index (χ2n) is 4.57. The highest BCUT2D eigenvalue weighted by molar-refractivity contribution is 5.86. The van der Waals surface area contributed by atoms with E-state index in [9.17, 15) is 4.79 Å². The summed E-state index contributed by atoms with van der Waals surface area (Å²) < 4.78 is 5.67. The Balaban J connectivity index is 2.01. The van der Waals surface area contributed by atoms with E-state index >= 15 is 0 Å². The van der Waals surface area contributed by atoms with E-state index in [0.717, 1.165) is 31.7 Å². The van der Waals surface area contributed by atoms with Crippen LogP contribution in [0.5, 0.6) is 0 Å². The van der Waals surface area contributed by atoms with Gasteiger partial charge in [0.15, 0.2) is 0 Å². The molecule has 2 heterocycles. The Morgan fingerprint density at radius 2 is 2.44 bits per heavy atom. The molecule has 1 atom stereocenters. The van der Waals surface area contributed by atoms with E-state index in [1.165, 1.54) is 12.6 Å². The predicted molar refractivity (Wildman–Crippen MR) is 68.1 cm³/mol. The molecule has 98 valence electrons. The van der Waals surface area contributed by atoms with E-state index in [2.05, 4.69) is 4.98 Å². The molecule has 1 aliphatic heterocycles. The molecule has 5 nitrogen and oxygen atoms in total. The molecule has 0 spiro atoms. The topological polar surface area (TPSA) is 62.7 Å². The quantitative estimate of drug-likeness (QED) is 0.882. The van der Waals surface area contributed by atoms with Gasteiger partial charge in [0, 0.05) is 32.1 Å². The standard InChI is InChI=1S/C13H18N2O3/c1-15(9-11-4-2-3-7-18-11)10-5-6-14-12(8-10)13(16)17/h5-6,8,11H,2-4,7,9H2,1H3,(H,16,17). The lowest BCUT2D eigenvalue weighted by Gasteiger charge is -2.28. The van der Waals surface area contributed by atoms with Gasteiger partial charge in [-0.05, 0) is 31.4 Å². The molecule has 0 saturated carbocycles. The Labute approximate surface area is 106 Å². The molecule has 1 N–H and O–H groups in total. The summed E-state index contributed by atoms with van der Waals surface area (Å²) in [6.07, 6.45) is 5.18. The summed E-state index contributed by atoms with van der Waals surface area (Å²) in [6.45, 7) is 1.61. The zero-order chi connectivity index (χ0) is 13.0. The van der Waals surface area contributed by atoms with Crippen molar-refractivity contribution in [3.05, 3.63) is 24.0 Å². The first-order valence-corrected chi connectivity index (χ1v) is 6.19. The first kappa shape index (κ1) is 12.8. The number of carboxylic acids is 1. The number of carbonyl (C=O) groups is 1. The molecule has 5 heteroatoms. The summed E-state index contributed by atoms with van der Waals surface area (Å²) in [5, 5.41) is 8.91. The molecule has 18 heavy (non-hydrogen) atoms. The van der Waals surface area contributed by atoms with Crippen LogP contribution >= 0.6 is 0 Å². The van der Waals surface area contributed by atoms with Gasteiger partial charge in [-0.3, -0.25) is 0 Å². The molecule has 0 amide bonds. The molecule has 1 fully saturated rings. The molecule has 2 rings (SSSR count). The van der Waals surface area contributed by atoms with Crippen LogP contribution < -0.4 is 4.90 Å². The average molecular weight is 250 g/mol. The van der Waals surface area contributed by atoms with Crippen molar-refractivity contribution in [3.8, 4) is 0 Å². The minimum atomic E-state index is -1.00. The van der Waals surface area contributed by atoms with Crippen molar-refractivity contribution >= 4 is 11.7 Å². The number of ether oxygens (including phenoxy) is 1. The van der Waals surface area contributed by atoms with Gasteiger partial charge in [-0.1, -0.05) is 0 Å². The third kappa shape index (κ3) is 3.20. The van der Waals surface area contributed by atoms with E-state index in [4.69, 9.17) is 9.84 Å². The lowest BCUT2D eigenvalue weighted by molar-refractivity contribution is 0.0216. The first-order chi connectivity index (χ1) is 8.66. The highest BCUT2D eigenvalue weighted by atomic mass is 16.5. The SMILES string of the molecule is CN(CC1CCCCO1)c1ccnc(C(=O)O)c1. The smallest absolute Gasteiger partial charge is 0.354 e. The van der Waals surface area contributed by atoms with Crippen molar-refractivity contribution in [1.29, 1.82) is 0 Å². The van der Waals surface area contributed by atoms with Gasteiger partial charge in [0.25, 0.3) is 0 Å². The Kier molecular flexibility index (Phi) is 4.15. The van der Waals surface area contributed by atoms with Crippen molar-refractivity contribution in [3.63, 3.8) is 0 Å². The van der Waals surface area contributed by atoms with Gasteiger partial charge in [0.2, 0.25) is 0 Å². The van der Waals surface area contributed by atoms with Crippen LogP contribution in [-0.2, 0) is 4.74 Å². The molecular formula is C13H18N2O3. The van der Waals surface area contributed by atoms with Gasteiger partial charge >= 0.3 is 5.97 Å². The van der Waals surface area contributed by atoms with Crippen LogP contribution in [0.4, 0.5) is 5.69 Å². The van der Waals surface area contributed by atoms with E-state index in [-0.39, 0.29) is 11.8 Å². The number of likely N-dealkylation sites (N-methyl/N-ethyl adjacent to an activating group) is 1. The van der Waals surface area contributed by atoms with Gasteiger partial charge in [0.05, 0.1) is 6.10 Å². The average Bonchev–Trinajstić information content (AvgIpc) is 2.40. The van der Waals surface area contributed by atoms with Gasteiger partial charge < -0.3 is 14.7 Å². The van der Waals surface area contributed by atoms with Crippen LogP contribution in [0.1, 0.15) is 29.8 Å². The maximum Gasteiger partial charge on any atom is 0.354 e. The van der Waals surface area contributed by atoms with Crippen LogP contribution in [0.25, 0.3) is 0 Å². The molecule has 1 aliphatic rings. The molecule has 1 aromatic rings. The minimum Gasteiger partial charge on any atom is -0.477 e. The van der Waals surface area contributed by atoms with Crippen molar-refractivity contribution in [2.24, 2.45) is 0 Å². The molecule has 1 aromatic heterocycles. The molecule has 0 bridgehead atoms. The number of pyridine rings is 1. The van der Waals surface area contributed by atoms with Crippen molar-refractivity contribution in [2.45, 2.75) is 25.4 Å². The van der Waals surface area contributed by atoms with E-state index < -0.39 is 5.97 Å². The van der Waals surface area contributed by atoms with E-state index in [1.807, 2.05) is 18.0 Å². The maximum atomic E-state index is 10.9. The number of nitrogens with zero attached hydrogens (tertiary/aromatic N) is 2. The van der Waals surface area contributed by atoms with Crippen molar-refractivity contribution in [2.75, 3.05) is 25.1 Å². The van der Waals surface area contributed by atoms with Crippen LogP contribution in [0.3, 0.4) is 0 Å². The number of rotatable bonds is 4. The third-order valence-electron chi connectivity index (χ3n) is 3.15. The number of hydrogen-bond acceptors (Lipinski definition) is 4. The molecule has 1 unspecified atom stereocenters. The van der Waals surface area contributed by atoms with E-state index in [1.54, 1.807) is 6.07 Å². The fraction of sp³-hybridized carbons (Fsp3) is 0.538. The Morgan fingerprint density at radius 1 is 1.61 bits per heavy atom. The zero-order valence-electron chi connectivity index (χ0n) is 10.5. The number of aromatic nitrogens is 1. The van der Waals surface area contributed by atoms with Crippen molar-refractivity contribution < 1.29 is 14.6 Å². The van der Waals surface area contributed by atoms with E-state index in [0.29, 0.717) is 0 Å². The summed E-state index contributed by atoms with van der Waals surface area (Å²) in [5.41, 5.74) is 0.931. The lowest BCUT2D eigenvalue weighted by atomic mass is 10.1. The molecule has 0 aromatic carbocycles. The fourth-order valence-corrected chi connectivity index (χ4v) is 2.14. The summed E-state index contributed by atoms with van der Waals surface area (Å²) >= 11 is 0. The number of hydrogen-bond donors (Lipinski definition) is 1. The van der Waals surface area contributed by atoms with Crippen LogP contribution in [0, 0.1) is 0 Å². The minimum absolute atomic E-state index is 0.0731. The Bertz CT molecular complexity index is 416. The zero-order valence-corrected chi connectivity index (χ0v) is 10.5. The van der Waals surface area contributed by atoms with Crippen molar-refractivity contribution in [1.82, 2.24) is 4.98 Å². The second kappa shape index (κ2) is 5.82. The summed E-state index contributed by atoms with van der Waals surface area (Å²) in [6, 6.07) is 3.40. The molecule has 1 saturated heterocycles. The Morgan fingerprint density at radius 3 is 3.11 bits per heavy atom. The maximum absolute atomic E-state index is 10.9. The monoisotopic (exact) mass is 250 g/mol. The normalized spacial score (nSPS) is 19.5. The number of aromatic carboxylic acids is 1. The highest BCUT2D eigenvalue weighted by Crippen LogP contribution is 2.18. The number of anilines is 1. The highest BCUT2D eigenvalue weighted by Gasteiger charge is 2.16. The van der Waals surface area contributed by atoms with Gasteiger partial charge in [0.1, 0.15) is 5.69 Å². The largest absolute Gasteiger partial charge is 0.477 e. The van der Waals surface area contributed by atoms with Gasteiger partial charge in [-0.15, -0.1) is 0 Å². The Hall–Kier alpha value is -1.62. The van der Waals surface area contributed by atoms with Crippen LogP contribution in [0.2, 0.25) is 0 Å². The summed E-state index contributed by atoms with van der Waals surface area (Å²) in [4.78, 5) is 16.7. The third-order valence-corrected chi connectivity index (χ3v) is 3.15. The van der Waals surface area contributed by atoms with Gasteiger partial charge in [-0.2, -0.15) is 0 Å².